The van der Waals surface area contributed by atoms with E-state index >= 15 is 0 Å². The number of para-hydroxylation sites is 1. The summed E-state index contributed by atoms with van der Waals surface area (Å²) in [5.41, 5.74) is 1.08. The molecule has 2 rings (SSSR count). The summed E-state index contributed by atoms with van der Waals surface area (Å²) < 4.78 is 1.18. The van der Waals surface area contributed by atoms with E-state index in [1.165, 1.54) is 4.70 Å². The van der Waals surface area contributed by atoms with E-state index in [1.807, 2.05) is 24.3 Å². The molecule has 2 aromatic rings. The van der Waals surface area contributed by atoms with Gasteiger partial charge in [0.1, 0.15) is 0 Å². The Morgan fingerprint density at radius 1 is 1.33 bits per heavy atom. The van der Waals surface area contributed by atoms with E-state index in [0.717, 1.165) is 10.3 Å². The van der Waals surface area contributed by atoms with Crippen LogP contribution in [-0.4, -0.2) is 4.98 Å². The first-order valence-corrected chi connectivity index (χ1v) is 4.03. The average Bonchev–Trinajstić information content (AvgIpc) is 2.46. The van der Waals surface area contributed by atoms with E-state index in [-0.39, 0.29) is 12.4 Å². The zero-order valence-corrected chi connectivity index (χ0v) is 7.78. The SMILES string of the molecule is Cl.N/N=c1\[nH]c2ccccc2s1. The number of nitrogens with zero attached hydrogens (tertiary/aromatic N) is 1. The summed E-state index contributed by atoms with van der Waals surface area (Å²) in [6, 6.07) is 8.00. The minimum atomic E-state index is 0. The van der Waals surface area contributed by atoms with E-state index in [2.05, 4.69) is 10.1 Å². The maximum Gasteiger partial charge on any atom is 0.205 e. The molecule has 0 aliphatic rings. The highest BCUT2D eigenvalue weighted by Gasteiger charge is 1.93. The lowest BCUT2D eigenvalue weighted by atomic mass is 10.3. The summed E-state index contributed by atoms with van der Waals surface area (Å²) in [6.45, 7) is 0. The average molecular weight is 202 g/mol. The molecular formula is C7H8ClN3S. The van der Waals surface area contributed by atoms with Gasteiger partial charge < -0.3 is 10.8 Å². The summed E-state index contributed by atoms with van der Waals surface area (Å²) in [4.78, 5) is 3.83. The molecule has 0 radical (unpaired) electrons. The minimum Gasteiger partial charge on any atom is -0.329 e. The molecule has 1 aromatic heterocycles. The fourth-order valence-electron chi connectivity index (χ4n) is 0.962. The highest BCUT2D eigenvalue weighted by molar-refractivity contribution is 7.16. The van der Waals surface area contributed by atoms with E-state index in [0.29, 0.717) is 0 Å². The standard InChI is InChI=1S/C7H7N3S.ClH/c8-10-7-9-5-3-1-2-4-6(5)11-7;/h1-4H,8H2,(H,9,10);1H. The Morgan fingerprint density at radius 2 is 2.08 bits per heavy atom. The lowest BCUT2D eigenvalue weighted by molar-refractivity contribution is 1.11. The van der Waals surface area contributed by atoms with Gasteiger partial charge in [-0.05, 0) is 12.1 Å². The summed E-state index contributed by atoms with van der Waals surface area (Å²) >= 11 is 1.55. The van der Waals surface area contributed by atoms with Crippen LogP contribution in [0, 0.1) is 0 Å². The predicted octanol–water partition coefficient (Wildman–Crippen LogP) is 1.43. The van der Waals surface area contributed by atoms with Crippen molar-refractivity contribution < 1.29 is 0 Å². The van der Waals surface area contributed by atoms with Crippen molar-refractivity contribution in [1.29, 1.82) is 0 Å². The van der Waals surface area contributed by atoms with Crippen LogP contribution >= 0.6 is 23.7 Å². The summed E-state index contributed by atoms with van der Waals surface area (Å²) in [7, 11) is 0. The zero-order valence-electron chi connectivity index (χ0n) is 6.15. The second-order valence-corrected chi connectivity index (χ2v) is 3.19. The third-order valence-electron chi connectivity index (χ3n) is 1.45. The lowest BCUT2D eigenvalue weighted by Gasteiger charge is -1.81. The van der Waals surface area contributed by atoms with Crippen molar-refractivity contribution in [2.45, 2.75) is 0 Å². The smallest absolute Gasteiger partial charge is 0.205 e. The Bertz CT molecular complexity index is 395. The normalized spacial score (nSPS) is 11.5. The number of fused-ring (bicyclic) bond motifs is 1. The second-order valence-electron chi connectivity index (χ2n) is 2.16. The topological polar surface area (TPSA) is 54.2 Å². The van der Waals surface area contributed by atoms with Gasteiger partial charge in [0.2, 0.25) is 4.80 Å². The minimum absolute atomic E-state index is 0. The van der Waals surface area contributed by atoms with Crippen molar-refractivity contribution in [3.8, 4) is 0 Å². The van der Waals surface area contributed by atoms with Gasteiger partial charge in [-0.15, -0.1) is 12.4 Å². The number of hydrogen-bond acceptors (Lipinski definition) is 3. The van der Waals surface area contributed by atoms with Crippen LogP contribution in [0.1, 0.15) is 0 Å². The fraction of sp³-hybridized carbons (Fsp3) is 0. The van der Waals surface area contributed by atoms with Crippen molar-refractivity contribution in [1.82, 2.24) is 4.98 Å². The molecule has 3 N–H and O–H groups in total. The van der Waals surface area contributed by atoms with Crippen LogP contribution in [-0.2, 0) is 0 Å². The molecule has 0 aliphatic heterocycles. The number of aromatic amines is 1. The number of benzene rings is 1. The van der Waals surface area contributed by atoms with Crippen molar-refractivity contribution in [3.05, 3.63) is 29.1 Å². The maximum atomic E-state index is 5.12. The molecule has 0 atom stereocenters. The van der Waals surface area contributed by atoms with Crippen LogP contribution in [0.5, 0.6) is 0 Å². The largest absolute Gasteiger partial charge is 0.329 e. The molecule has 5 heteroatoms. The second kappa shape index (κ2) is 3.60. The number of nitrogens with one attached hydrogen (secondary N) is 1. The molecule has 0 aliphatic carbocycles. The third kappa shape index (κ3) is 1.44. The van der Waals surface area contributed by atoms with Crippen molar-refractivity contribution >= 4 is 34.0 Å². The first-order valence-electron chi connectivity index (χ1n) is 3.22. The van der Waals surface area contributed by atoms with E-state index in [4.69, 9.17) is 5.84 Å². The number of aromatic nitrogens is 1. The van der Waals surface area contributed by atoms with Gasteiger partial charge in [-0.1, -0.05) is 23.5 Å². The Balaban J connectivity index is 0.000000720. The number of halogens is 1. The van der Waals surface area contributed by atoms with Crippen molar-refractivity contribution in [3.63, 3.8) is 0 Å². The molecule has 0 amide bonds. The van der Waals surface area contributed by atoms with Gasteiger partial charge >= 0.3 is 0 Å². The molecule has 3 nitrogen and oxygen atoms in total. The monoisotopic (exact) mass is 201 g/mol. The van der Waals surface area contributed by atoms with Crippen LogP contribution in [0.15, 0.2) is 29.4 Å². The van der Waals surface area contributed by atoms with Gasteiger partial charge in [0.05, 0.1) is 10.2 Å². The van der Waals surface area contributed by atoms with Gasteiger partial charge in [0.25, 0.3) is 0 Å². The fourth-order valence-corrected chi connectivity index (χ4v) is 1.76. The molecule has 1 heterocycles. The zero-order chi connectivity index (χ0) is 7.68. The maximum absolute atomic E-state index is 5.12. The van der Waals surface area contributed by atoms with E-state index in [1.54, 1.807) is 11.3 Å². The Hall–Kier alpha value is -1.00. The first-order chi connectivity index (χ1) is 5.40. The van der Waals surface area contributed by atoms with E-state index < -0.39 is 0 Å². The molecule has 12 heavy (non-hydrogen) atoms. The molecule has 0 unspecified atom stereocenters. The van der Waals surface area contributed by atoms with Gasteiger partial charge in [-0.3, -0.25) is 0 Å². The molecule has 0 bridgehead atoms. The van der Waals surface area contributed by atoms with Crippen LogP contribution in [0.25, 0.3) is 10.2 Å². The Kier molecular flexibility index (Phi) is 2.73. The number of hydrogen-bond donors (Lipinski definition) is 2. The molecular weight excluding hydrogens is 194 g/mol. The van der Waals surface area contributed by atoms with Crippen LogP contribution in [0.2, 0.25) is 0 Å². The van der Waals surface area contributed by atoms with Crippen molar-refractivity contribution in [2.24, 2.45) is 10.9 Å². The Labute approximate surface area is 79.3 Å². The molecule has 0 spiro atoms. The Morgan fingerprint density at radius 3 is 2.75 bits per heavy atom. The molecule has 0 saturated carbocycles. The number of rotatable bonds is 0. The predicted molar refractivity (Wildman–Crippen MR) is 53.2 cm³/mol. The quantitative estimate of drug-likeness (QED) is 0.492. The summed E-state index contributed by atoms with van der Waals surface area (Å²) in [5.74, 6) is 5.12. The molecule has 64 valence electrons. The number of H-pyrrole nitrogens is 1. The molecule has 1 aromatic carbocycles. The first kappa shape index (κ1) is 9.09. The van der Waals surface area contributed by atoms with Gasteiger partial charge in [-0.25, -0.2) is 0 Å². The molecule has 0 saturated heterocycles. The lowest BCUT2D eigenvalue weighted by Crippen LogP contribution is -2.00. The van der Waals surface area contributed by atoms with E-state index in [9.17, 15) is 0 Å². The van der Waals surface area contributed by atoms with Crippen molar-refractivity contribution in [2.75, 3.05) is 0 Å². The number of thiazole rings is 1. The molecule has 0 fully saturated rings. The van der Waals surface area contributed by atoms with Crippen LogP contribution in [0.3, 0.4) is 0 Å². The third-order valence-corrected chi connectivity index (χ3v) is 2.43. The number of nitrogens with two attached hydrogens (primary N) is 1. The highest BCUT2D eigenvalue weighted by atomic mass is 35.5. The highest BCUT2D eigenvalue weighted by Crippen LogP contribution is 2.11. The van der Waals surface area contributed by atoms with Crippen LogP contribution < -0.4 is 10.6 Å². The summed E-state index contributed by atoms with van der Waals surface area (Å²) in [5, 5.41) is 3.57. The van der Waals surface area contributed by atoms with Gasteiger partial charge in [-0.2, -0.15) is 5.10 Å². The van der Waals surface area contributed by atoms with Gasteiger partial charge in [0.15, 0.2) is 0 Å². The van der Waals surface area contributed by atoms with Crippen LogP contribution in [0.4, 0.5) is 0 Å². The van der Waals surface area contributed by atoms with Gasteiger partial charge in [0, 0.05) is 0 Å². The summed E-state index contributed by atoms with van der Waals surface area (Å²) in [6.07, 6.45) is 0.